The number of carbonyl (C=O) groups is 2. The molecule has 0 bridgehead atoms. The molecule has 0 fully saturated rings. The van der Waals surface area contributed by atoms with Gasteiger partial charge in [-0.15, -0.1) is 5.48 Å². The lowest BCUT2D eigenvalue weighted by atomic mass is 9.87. The summed E-state index contributed by atoms with van der Waals surface area (Å²) in [4.78, 5) is 32.4. The monoisotopic (exact) mass is 447 g/mol. The van der Waals surface area contributed by atoms with Gasteiger partial charge in [-0.1, -0.05) is 48.5 Å². The molecule has 168 valence electrons. The van der Waals surface area contributed by atoms with Crippen molar-refractivity contribution >= 4 is 18.3 Å². The lowest BCUT2D eigenvalue weighted by molar-refractivity contribution is -0.135. The van der Waals surface area contributed by atoms with E-state index >= 15 is 0 Å². The zero-order valence-electron chi connectivity index (χ0n) is 18.1. The van der Waals surface area contributed by atoms with Crippen molar-refractivity contribution < 1.29 is 23.9 Å². The van der Waals surface area contributed by atoms with E-state index in [0.29, 0.717) is 5.56 Å². The molecule has 0 saturated heterocycles. The number of nitrogens with zero attached hydrogens (tertiary/aromatic N) is 1. The minimum absolute atomic E-state index is 0.260. The maximum Gasteiger partial charge on any atom is 0.322 e. The third kappa shape index (κ3) is 4.20. The van der Waals surface area contributed by atoms with Crippen molar-refractivity contribution in [1.29, 1.82) is 0 Å². The van der Waals surface area contributed by atoms with Gasteiger partial charge in [-0.25, -0.2) is 9.38 Å². The Bertz CT molecular complexity index is 1270. The summed E-state index contributed by atoms with van der Waals surface area (Å²) in [5, 5.41) is 10.9. The molecular formula is C25H22FN3O4. The standard InChI is InChI=1S/C25H22FN3O4/c1-15-5-3-4-6-19(15)20-9-7-17(11-16(20)2)25(28-14-33-29-25)18-8-10-21(22(26)12-18)24(32)27-13-23(30)31/h3-12,14,29H,13H2,1-2H3,(H,27,32)(H,30,31). The molecule has 0 radical (unpaired) electrons. The van der Waals surface area contributed by atoms with Gasteiger partial charge in [0.1, 0.15) is 12.4 Å². The summed E-state index contributed by atoms with van der Waals surface area (Å²) < 4.78 is 14.8. The topological polar surface area (TPSA) is 100 Å². The van der Waals surface area contributed by atoms with E-state index in [1.807, 2.05) is 37.3 Å². The van der Waals surface area contributed by atoms with Crippen LogP contribution < -0.4 is 10.8 Å². The number of amides is 1. The van der Waals surface area contributed by atoms with Crippen LogP contribution in [0.15, 0.2) is 65.7 Å². The van der Waals surface area contributed by atoms with E-state index in [2.05, 4.69) is 34.8 Å². The van der Waals surface area contributed by atoms with E-state index in [9.17, 15) is 14.0 Å². The van der Waals surface area contributed by atoms with Crippen LogP contribution in [-0.4, -0.2) is 29.9 Å². The van der Waals surface area contributed by atoms with E-state index in [4.69, 9.17) is 9.94 Å². The highest BCUT2D eigenvalue weighted by molar-refractivity contribution is 5.96. The van der Waals surface area contributed by atoms with Crippen LogP contribution in [0.5, 0.6) is 0 Å². The second-order valence-corrected chi connectivity index (χ2v) is 7.78. The highest BCUT2D eigenvalue weighted by atomic mass is 19.1. The second-order valence-electron chi connectivity index (χ2n) is 7.78. The molecule has 1 unspecified atom stereocenters. The fourth-order valence-electron chi connectivity index (χ4n) is 3.92. The maximum absolute atomic E-state index is 14.8. The number of hydrogen-bond donors (Lipinski definition) is 3. The van der Waals surface area contributed by atoms with Crippen molar-refractivity contribution in [2.24, 2.45) is 4.99 Å². The molecule has 3 N–H and O–H groups in total. The van der Waals surface area contributed by atoms with E-state index in [-0.39, 0.29) is 5.56 Å². The number of carboxylic acids is 1. The Labute approximate surface area is 189 Å². The third-order valence-electron chi connectivity index (χ3n) is 5.62. The highest BCUT2D eigenvalue weighted by Gasteiger charge is 2.38. The van der Waals surface area contributed by atoms with Crippen LogP contribution in [-0.2, 0) is 15.3 Å². The fourth-order valence-corrected chi connectivity index (χ4v) is 3.92. The Morgan fingerprint density at radius 2 is 1.73 bits per heavy atom. The minimum Gasteiger partial charge on any atom is -0.480 e. The minimum atomic E-state index is -1.22. The molecule has 3 aromatic carbocycles. The summed E-state index contributed by atoms with van der Waals surface area (Å²) in [5.41, 5.74) is 6.90. The Hall–Kier alpha value is -4.04. The summed E-state index contributed by atoms with van der Waals surface area (Å²) in [6, 6.07) is 18.0. The number of nitrogens with one attached hydrogen (secondary N) is 2. The molecule has 0 spiro atoms. The number of aryl methyl sites for hydroxylation is 2. The highest BCUT2D eigenvalue weighted by Crippen LogP contribution is 2.37. The Kier molecular flexibility index (Phi) is 5.93. The predicted molar refractivity (Wildman–Crippen MR) is 121 cm³/mol. The maximum atomic E-state index is 14.8. The van der Waals surface area contributed by atoms with Gasteiger partial charge in [0.25, 0.3) is 5.91 Å². The summed E-state index contributed by atoms with van der Waals surface area (Å²) in [6.45, 7) is 3.45. The zero-order valence-corrected chi connectivity index (χ0v) is 18.1. The average Bonchev–Trinajstić information content (AvgIpc) is 3.29. The van der Waals surface area contributed by atoms with Crippen LogP contribution in [0.2, 0.25) is 0 Å². The van der Waals surface area contributed by atoms with E-state index < -0.39 is 29.9 Å². The van der Waals surface area contributed by atoms with E-state index in [1.165, 1.54) is 18.5 Å². The molecule has 0 aliphatic carbocycles. The van der Waals surface area contributed by atoms with Gasteiger partial charge in [-0.05, 0) is 48.2 Å². The largest absolute Gasteiger partial charge is 0.480 e. The smallest absolute Gasteiger partial charge is 0.322 e. The fraction of sp³-hybridized carbons (Fsp3) is 0.160. The number of hydroxylamine groups is 1. The van der Waals surface area contributed by atoms with Crippen LogP contribution in [0, 0.1) is 19.7 Å². The first-order chi connectivity index (χ1) is 15.8. The van der Waals surface area contributed by atoms with Gasteiger partial charge in [0.15, 0.2) is 12.1 Å². The van der Waals surface area contributed by atoms with Crippen LogP contribution in [0.3, 0.4) is 0 Å². The number of aliphatic carboxylic acids is 1. The van der Waals surface area contributed by atoms with Gasteiger partial charge in [0.05, 0.1) is 5.56 Å². The lowest BCUT2D eigenvalue weighted by Gasteiger charge is -2.27. The van der Waals surface area contributed by atoms with Crippen molar-refractivity contribution in [3.63, 3.8) is 0 Å². The number of aliphatic imine (C=N–C) groups is 1. The van der Waals surface area contributed by atoms with Gasteiger partial charge >= 0.3 is 5.97 Å². The summed E-state index contributed by atoms with van der Waals surface area (Å²) in [6.07, 6.45) is 1.25. The Morgan fingerprint density at radius 1 is 1.03 bits per heavy atom. The van der Waals surface area contributed by atoms with Crippen molar-refractivity contribution in [3.8, 4) is 11.1 Å². The Balaban J connectivity index is 1.71. The molecular weight excluding hydrogens is 425 g/mol. The normalized spacial score (nSPS) is 16.9. The lowest BCUT2D eigenvalue weighted by Crippen LogP contribution is -2.37. The zero-order chi connectivity index (χ0) is 23.6. The molecule has 3 aromatic rings. The summed E-state index contributed by atoms with van der Waals surface area (Å²) in [7, 11) is 0. The summed E-state index contributed by atoms with van der Waals surface area (Å²) in [5.74, 6) is -2.83. The van der Waals surface area contributed by atoms with Crippen molar-refractivity contribution in [1.82, 2.24) is 10.8 Å². The molecule has 4 rings (SSSR count). The first kappa shape index (κ1) is 22.2. The van der Waals surface area contributed by atoms with Crippen molar-refractivity contribution in [2.45, 2.75) is 19.5 Å². The number of halogens is 1. The average molecular weight is 447 g/mol. The number of carboxylic acid groups (broad SMARTS) is 1. The molecule has 0 aromatic heterocycles. The van der Waals surface area contributed by atoms with Gasteiger partial charge in [-0.3, -0.25) is 9.59 Å². The number of hydrogen-bond acceptors (Lipinski definition) is 5. The number of rotatable bonds is 6. The molecule has 1 atom stereocenters. The van der Waals surface area contributed by atoms with Gasteiger partial charge in [0.2, 0.25) is 0 Å². The molecule has 7 nitrogen and oxygen atoms in total. The first-order valence-electron chi connectivity index (χ1n) is 10.3. The third-order valence-corrected chi connectivity index (χ3v) is 5.62. The predicted octanol–water partition coefficient (Wildman–Crippen LogP) is 3.69. The molecule has 8 heteroatoms. The van der Waals surface area contributed by atoms with Crippen LogP contribution in [0.4, 0.5) is 4.39 Å². The van der Waals surface area contributed by atoms with Crippen LogP contribution >= 0.6 is 0 Å². The van der Waals surface area contributed by atoms with Crippen LogP contribution in [0.1, 0.15) is 32.6 Å². The van der Waals surface area contributed by atoms with Crippen molar-refractivity contribution in [2.75, 3.05) is 6.54 Å². The number of benzene rings is 3. The van der Waals surface area contributed by atoms with E-state index in [0.717, 1.165) is 27.8 Å². The Morgan fingerprint density at radius 3 is 2.36 bits per heavy atom. The summed E-state index contributed by atoms with van der Waals surface area (Å²) >= 11 is 0. The quantitative estimate of drug-likeness (QED) is 0.535. The molecule has 33 heavy (non-hydrogen) atoms. The molecule has 0 saturated carbocycles. The van der Waals surface area contributed by atoms with Crippen molar-refractivity contribution in [3.05, 3.63) is 94.3 Å². The van der Waals surface area contributed by atoms with Gasteiger partial charge in [0, 0.05) is 11.1 Å². The number of carbonyl (C=O) groups excluding carboxylic acids is 1. The SMILES string of the molecule is Cc1ccccc1-c1ccc(C2(c3ccc(C(=O)NCC(=O)O)c(F)c3)N=CON2)cc1C. The van der Waals surface area contributed by atoms with Crippen LogP contribution in [0.25, 0.3) is 11.1 Å². The van der Waals surface area contributed by atoms with Gasteiger partial charge in [-0.2, -0.15) is 0 Å². The second kappa shape index (κ2) is 8.84. The molecule has 1 aliphatic heterocycles. The first-order valence-corrected chi connectivity index (χ1v) is 10.3. The molecule has 1 amide bonds. The van der Waals surface area contributed by atoms with Gasteiger partial charge < -0.3 is 15.3 Å². The van der Waals surface area contributed by atoms with E-state index in [1.54, 1.807) is 6.07 Å². The molecule has 1 aliphatic rings. The molecule has 1 heterocycles.